The van der Waals surface area contributed by atoms with Crippen LogP contribution >= 0.6 is 0 Å². The molecule has 0 aliphatic carbocycles. The topological polar surface area (TPSA) is 46.3 Å². The van der Waals surface area contributed by atoms with Crippen molar-refractivity contribution in [3.63, 3.8) is 0 Å². The van der Waals surface area contributed by atoms with Gasteiger partial charge in [-0.1, -0.05) is 32.6 Å². The fourth-order valence-electron chi connectivity index (χ4n) is 2.90. The molecule has 0 radical (unpaired) electrons. The van der Waals surface area contributed by atoms with Gasteiger partial charge in [-0.05, 0) is 19.3 Å². The third-order valence-electron chi connectivity index (χ3n) is 4.08. The average molecular weight is 273 g/mol. The molecule has 20 heavy (non-hydrogen) atoms. The smallest absolute Gasteiger partial charge is 0.254 e. The van der Waals surface area contributed by atoms with E-state index in [9.17, 15) is 0 Å². The number of hydrogen-bond acceptors (Lipinski definition) is 4. The van der Waals surface area contributed by atoms with E-state index in [1.54, 1.807) is 6.33 Å². The van der Waals surface area contributed by atoms with Gasteiger partial charge in [0.05, 0.1) is 0 Å². The van der Waals surface area contributed by atoms with E-state index in [2.05, 4.69) is 33.0 Å². The molecular weight excluding hydrogens is 250 g/mol. The Morgan fingerprint density at radius 2 is 1.75 bits per heavy atom. The van der Waals surface area contributed by atoms with Gasteiger partial charge in [-0.15, -0.1) is 0 Å². The van der Waals surface area contributed by atoms with E-state index in [4.69, 9.17) is 0 Å². The van der Waals surface area contributed by atoms with E-state index in [0.29, 0.717) is 0 Å². The Bertz CT molecular complexity index is 552. The van der Waals surface area contributed by atoms with Crippen LogP contribution in [0, 0.1) is 0 Å². The third-order valence-corrected chi connectivity index (χ3v) is 4.08. The Labute approximate surface area is 120 Å². The van der Waals surface area contributed by atoms with Crippen LogP contribution in [0.25, 0.3) is 5.78 Å². The van der Waals surface area contributed by atoms with Gasteiger partial charge < -0.3 is 4.90 Å². The highest BCUT2D eigenvalue weighted by molar-refractivity contribution is 5.47. The predicted octanol–water partition coefficient (Wildman–Crippen LogP) is 2.85. The maximum absolute atomic E-state index is 4.53. The summed E-state index contributed by atoms with van der Waals surface area (Å²) in [5, 5.41) is 4.35. The molecule has 1 saturated heterocycles. The standard InChI is InChI=1S/C15H23N5/c1-2-13-11-14(20-15(18-13)16-12-17-20)19-9-7-5-3-4-6-8-10-19/h11-12H,2-10H2,1H3. The Morgan fingerprint density at radius 3 is 2.45 bits per heavy atom. The van der Waals surface area contributed by atoms with Gasteiger partial charge >= 0.3 is 0 Å². The van der Waals surface area contributed by atoms with Gasteiger partial charge in [-0.25, -0.2) is 4.98 Å². The minimum atomic E-state index is 0.722. The lowest BCUT2D eigenvalue weighted by Crippen LogP contribution is -2.28. The normalized spacial score (nSPS) is 17.8. The molecule has 0 aromatic carbocycles. The monoisotopic (exact) mass is 273 g/mol. The van der Waals surface area contributed by atoms with Crippen molar-refractivity contribution in [2.75, 3.05) is 18.0 Å². The fourth-order valence-corrected chi connectivity index (χ4v) is 2.90. The molecule has 2 aromatic heterocycles. The molecule has 5 heteroatoms. The molecule has 0 bridgehead atoms. The lowest BCUT2D eigenvalue weighted by Gasteiger charge is -2.24. The Balaban J connectivity index is 1.95. The number of fused-ring (bicyclic) bond motifs is 1. The van der Waals surface area contributed by atoms with E-state index < -0.39 is 0 Å². The zero-order chi connectivity index (χ0) is 13.8. The second-order valence-corrected chi connectivity index (χ2v) is 5.54. The molecule has 3 heterocycles. The maximum atomic E-state index is 4.53. The van der Waals surface area contributed by atoms with Gasteiger partial charge in [0.2, 0.25) is 0 Å². The molecule has 3 rings (SSSR count). The van der Waals surface area contributed by atoms with E-state index >= 15 is 0 Å². The van der Waals surface area contributed by atoms with Gasteiger partial charge in [0.1, 0.15) is 12.1 Å². The Morgan fingerprint density at radius 1 is 1.05 bits per heavy atom. The first kappa shape index (κ1) is 13.3. The number of aromatic nitrogens is 4. The van der Waals surface area contributed by atoms with E-state index in [0.717, 1.165) is 36.8 Å². The number of hydrogen-bond donors (Lipinski definition) is 0. The van der Waals surface area contributed by atoms with Crippen molar-refractivity contribution in [2.45, 2.75) is 51.9 Å². The second-order valence-electron chi connectivity index (χ2n) is 5.54. The zero-order valence-corrected chi connectivity index (χ0v) is 12.3. The van der Waals surface area contributed by atoms with Gasteiger partial charge in [-0.3, -0.25) is 0 Å². The number of rotatable bonds is 2. The molecule has 0 saturated carbocycles. The van der Waals surface area contributed by atoms with Crippen LogP contribution in [0.4, 0.5) is 5.82 Å². The Kier molecular flexibility index (Phi) is 4.14. The highest BCUT2D eigenvalue weighted by atomic mass is 15.4. The van der Waals surface area contributed by atoms with Crippen molar-refractivity contribution in [1.29, 1.82) is 0 Å². The van der Waals surface area contributed by atoms with Crippen LogP contribution in [0.3, 0.4) is 0 Å². The van der Waals surface area contributed by atoms with Gasteiger partial charge in [-0.2, -0.15) is 14.6 Å². The van der Waals surface area contributed by atoms with Crippen LogP contribution in [0.1, 0.15) is 51.1 Å². The highest BCUT2D eigenvalue weighted by Gasteiger charge is 2.14. The predicted molar refractivity (Wildman–Crippen MR) is 80.1 cm³/mol. The summed E-state index contributed by atoms with van der Waals surface area (Å²) in [6, 6.07) is 2.18. The molecular formula is C15H23N5. The first-order chi connectivity index (χ1) is 9.88. The zero-order valence-electron chi connectivity index (χ0n) is 12.3. The molecule has 108 valence electrons. The summed E-state index contributed by atoms with van der Waals surface area (Å²) < 4.78 is 1.89. The summed E-state index contributed by atoms with van der Waals surface area (Å²) >= 11 is 0. The summed E-state index contributed by atoms with van der Waals surface area (Å²) in [6.45, 7) is 4.36. The van der Waals surface area contributed by atoms with E-state index in [1.807, 2.05) is 4.52 Å². The molecule has 0 spiro atoms. The second kappa shape index (κ2) is 6.20. The van der Waals surface area contributed by atoms with Crippen LogP contribution in [0.5, 0.6) is 0 Å². The SMILES string of the molecule is CCc1cc(N2CCCCCCCC2)n2ncnc2n1. The quantitative estimate of drug-likeness (QED) is 0.844. The minimum absolute atomic E-state index is 0.722. The molecule has 0 amide bonds. The van der Waals surface area contributed by atoms with Gasteiger partial charge in [0.25, 0.3) is 5.78 Å². The van der Waals surface area contributed by atoms with Crippen molar-refractivity contribution in [3.8, 4) is 0 Å². The first-order valence-electron chi connectivity index (χ1n) is 7.83. The number of aryl methyl sites for hydroxylation is 1. The van der Waals surface area contributed by atoms with Crippen LogP contribution in [0.15, 0.2) is 12.4 Å². The first-order valence-corrected chi connectivity index (χ1v) is 7.83. The molecule has 0 atom stereocenters. The van der Waals surface area contributed by atoms with Crippen LogP contribution in [0.2, 0.25) is 0 Å². The largest absolute Gasteiger partial charge is 0.356 e. The van der Waals surface area contributed by atoms with Gasteiger partial charge in [0.15, 0.2) is 0 Å². The summed E-state index contributed by atoms with van der Waals surface area (Å²) in [7, 11) is 0. The summed E-state index contributed by atoms with van der Waals surface area (Å²) in [4.78, 5) is 11.3. The van der Waals surface area contributed by atoms with Crippen molar-refractivity contribution in [1.82, 2.24) is 19.6 Å². The van der Waals surface area contributed by atoms with Crippen LogP contribution in [-0.4, -0.2) is 32.7 Å². The summed E-state index contributed by atoms with van der Waals surface area (Å²) in [5.74, 6) is 1.88. The molecule has 2 aromatic rings. The lowest BCUT2D eigenvalue weighted by molar-refractivity contribution is 0.636. The maximum Gasteiger partial charge on any atom is 0.254 e. The number of nitrogens with zero attached hydrogens (tertiary/aromatic N) is 5. The van der Waals surface area contributed by atoms with Crippen molar-refractivity contribution >= 4 is 11.6 Å². The molecule has 0 N–H and O–H groups in total. The van der Waals surface area contributed by atoms with Crippen LogP contribution in [-0.2, 0) is 6.42 Å². The van der Waals surface area contributed by atoms with Crippen molar-refractivity contribution in [2.24, 2.45) is 0 Å². The molecule has 1 aliphatic heterocycles. The molecule has 1 aliphatic rings. The van der Waals surface area contributed by atoms with E-state index in [-0.39, 0.29) is 0 Å². The molecule has 1 fully saturated rings. The molecule has 5 nitrogen and oxygen atoms in total. The van der Waals surface area contributed by atoms with E-state index in [1.165, 1.54) is 38.5 Å². The highest BCUT2D eigenvalue weighted by Crippen LogP contribution is 2.20. The van der Waals surface area contributed by atoms with Crippen LogP contribution < -0.4 is 4.90 Å². The van der Waals surface area contributed by atoms with Gasteiger partial charge in [0, 0.05) is 24.8 Å². The molecule has 0 unspecified atom stereocenters. The Hall–Kier alpha value is -1.65. The third kappa shape index (κ3) is 2.76. The minimum Gasteiger partial charge on any atom is -0.356 e. The average Bonchev–Trinajstić information content (AvgIpc) is 2.98. The lowest BCUT2D eigenvalue weighted by atomic mass is 10.1. The van der Waals surface area contributed by atoms with Crippen molar-refractivity contribution < 1.29 is 0 Å². The number of anilines is 1. The summed E-state index contributed by atoms with van der Waals surface area (Å²) in [6.07, 6.45) is 10.5. The van der Waals surface area contributed by atoms with Crippen molar-refractivity contribution in [3.05, 3.63) is 18.1 Å². The fraction of sp³-hybridized carbons (Fsp3) is 0.667. The summed E-state index contributed by atoms with van der Waals surface area (Å²) in [5.41, 5.74) is 1.10.